The summed E-state index contributed by atoms with van der Waals surface area (Å²) in [5.41, 5.74) is 0.999. The third-order valence-electron chi connectivity index (χ3n) is 5.57. The van der Waals surface area contributed by atoms with E-state index in [1.54, 1.807) is 12.4 Å². The van der Waals surface area contributed by atoms with Gasteiger partial charge in [-0.1, -0.05) is 18.2 Å². The van der Waals surface area contributed by atoms with Gasteiger partial charge in [0.15, 0.2) is 6.61 Å². The SMILES string of the molecule is O=C(NCc1ccncc1)[C@@H]1C[C@]12CCN(C(=O)COc1ccccc1)C2. The van der Waals surface area contributed by atoms with E-state index in [9.17, 15) is 9.59 Å². The van der Waals surface area contributed by atoms with Crippen molar-refractivity contribution in [3.05, 3.63) is 60.4 Å². The lowest BCUT2D eigenvalue weighted by molar-refractivity contribution is -0.132. The molecule has 1 spiro atoms. The number of nitrogens with one attached hydrogen (secondary N) is 1. The molecule has 6 nitrogen and oxygen atoms in total. The molecule has 27 heavy (non-hydrogen) atoms. The number of pyridine rings is 1. The molecule has 0 radical (unpaired) electrons. The van der Waals surface area contributed by atoms with Gasteiger partial charge in [0.05, 0.1) is 0 Å². The molecule has 2 atom stereocenters. The molecule has 1 aromatic carbocycles. The van der Waals surface area contributed by atoms with Gasteiger partial charge >= 0.3 is 0 Å². The zero-order valence-corrected chi connectivity index (χ0v) is 15.1. The molecule has 0 bridgehead atoms. The van der Waals surface area contributed by atoms with E-state index in [4.69, 9.17) is 4.74 Å². The Bertz CT molecular complexity index is 756. The molecule has 1 aromatic heterocycles. The quantitative estimate of drug-likeness (QED) is 0.850. The summed E-state index contributed by atoms with van der Waals surface area (Å²) in [5, 5.41) is 3.01. The molecule has 2 aromatic rings. The second-order valence-electron chi connectivity index (χ2n) is 7.36. The Morgan fingerprint density at radius 1 is 1.19 bits per heavy atom. The Balaban J connectivity index is 1.24. The number of rotatable bonds is 6. The van der Waals surface area contributed by atoms with Crippen molar-refractivity contribution in [1.82, 2.24) is 15.2 Å². The number of nitrogens with zero attached hydrogens (tertiary/aromatic N) is 2. The molecule has 1 saturated heterocycles. The van der Waals surface area contributed by atoms with E-state index in [0.717, 1.165) is 18.4 Å². The van der Waals surface area contributed by atoms with Gasteiger partial charge in [0, 0.05) is 43.4 Å². The zero-order chi connectivity index (χ0) is 18.7. The summed E-state index contributed by atoms with van der Waals surface area (Å²) < 4.78 is 5.56. The molecule has 140 valence electrons. The van der Waals surface area contributed by atoms with Crippen molar-refractivity contribution in [1.29, 1.82) is 0 Å². The second-order valence-corrected chi connectivity index (χ2v) is 7.36. The van der Waals surface area contributed by atoms with Crippen molar-refractivity contribution in [2.45, 2.75) is 19.4 Å². The minimum absolute atomic E-state index is 0.00665. The van der Waals surface area contributed by atoms with Gasteiger partial charge in [0.1, 0.15) is 5.75 Å². The van der Waals surface area contributed by atoms with Crippen molar-refractivity contribution in [2.75, 3.05) is 19.7 Å². The molecule has 2 amide bonds. The van der Waals surface area contributed by atoms with Crippen LogP contribution in [0.3, 0.4) is 0 Å². The average molecular weight is 365 g/mol. The molecule has 1 aliphatic carbocycles. The van der Waals surface area contributed by atoms with Gasteiger partial charge in [-0.3, -0.25) is 14.6 Å². The number of aromatic nitrogens is 1. The van der Waals surface area contributed by atoms with Crippen LogP contribution in [0.5, 0.6) is 5.75 Å². The normalized spacial score (nSPS) is 23.3. The lowest BCUT2D eigenvalue weighted by atomic mass is 10.0. The fourth-order valence-corrected chi connectivity index (χ4v) is 3.84. The standard InChI is InChI=1S/C21H23N3O3/c25-19(14-27-17-4-2-1-3-5-17)24-11-8-21(15-24)12-18(21)20(26)23-13-16-6-9-22-10-7-16/h1-7,9-10,18H,8,11-15H2,(H,23,26)/t18-,21-/m0/s1. The lowest BCUT2D eigenvalue weighted by Gasteiger charge is -2.17. The number of amides is 2. The molecular formula is C21H23N3O3. The highest BCUT2D eigenvalue weighted by atomic mass is 16.5. The first-order chi connectivity index (χ1) is 13.2. The molecule has 2 aliphatic rings. The van der Waals surface area contributed by atoms with Gasteiger partial charge in [-0.15, -0.1) is 0 Å². The van der Waals surface area contributed by atoms with Gasteiger partial charge < -0.3 is 15.0 Å². The Labute approximate surface area is 158 Å². The van der Waals surface area contributed by atoms with Crippen molar-refractivity contribution < 1.29 is 14.3 Å². The number of likely N-dealkylation sites (tertiary alicyclic amines) is 1. The third-order valence-corrected chi connectivity index (χ3v) is 5.57. The molecular weight excluding hydrogens is 342 g/mol. The maximum Gasteiger partial charge on any atom is 0.260 e. The van der Waals surface area contributed by atoms with Crippen molar-refractivity contribution in [3.8, 4) is 5.75 Å². The lowest BCUT2D eigenvalue weighted by Crippen LogP contribution is -2.34. The summed E-state index contributed by atoms with van der Waals surface area (Å²) in [7, 11) is 0. The van der Waals surface area contributed by atoms with Gasteiger partial charge in [-0.05, 0) is 42.7 Å². The fraction of sp³-hybridized carbons (Fsp3) is 0.381. The summed E-state index contributed by atoms with van der Waals surface area (Å²) in [6.45, 7) is 1.91. The number of hydrogen-bond donors (Lipinski definition) is 1. The van der Waals surface area contributed by atoms with Crippen LogP contribution in [0, 0.1) is 11.3 Å². The predicted octanol–water partition coefficient (Wildman–Crippen LogP) is 2.02. The predicted molar refractivity (Wildman–Crippen MR) is 99.8 cm³/mol. The van der Waals surface area contributed by atoms with Crippen molar-refractivity contribution in [2.24, 2.45) is 11.3 Å². The van der Waals surface area contributed by atoms with Crippen LogP contribution in [0.4, 0.5) is 0 Å². The zero-order valence-electron chi connectivity index (χ0n) is 15.1. The first kappa shape index (κ1) is 17.5. The second kappa shape index (κ2) is 7.39. The highest BCUT2D eigenvalue weighted by Crippen LogP contribution is 2.58. The van der Waals surface area contributed by atoms with Crippen molar-refractivity contribution in [3.63, 3.8) is 0 Å². The van der Waals surface area contributed by atoms with E-state index in [-0.39, 0.29) is 29.8 Å². The van der Waals surface area contributed by atoms with Crippen LogP contribution in [0.1, 0.15) is 18.4 Å². The smallest absolute Gasteiger partial charge is 0.260 e. The summed E-state index contributed by atoms with van der Waals surface area (Å²) >= 11 is 0. The first-order valence-electron chi connectivity index (χ1n) is 9.29. The van der Waals surface area contributed by atoms with E-state index in [0.29, 0.717) is 25.4 Å². The maximum atomic E-state index is 12.5. The van der Waals surface area contributed by atoms with E-state index >= 15 is 0 Å². The Kier molecular flexibility index (Phi) is 4.79. The Morgan fingerprint density at radius 3 is 2.74 bits per heavy atom. The van der Waals surface area contributed by atoms with Gasteiger partial charge in [-0.2, -0.15) is 0 Å². The number of ether oxygens (including phenoxy) is 1. The molecule has 2 fully saturated rings. The summed E-state index contributed by atoms with van der Waals surface area (Å²) in [5.74, 6) is 0.770. The minimum atomic E-state index is -0.0370. The molecule has 2 heterocycles. The van der Waals surface area contributed by atoms with Crippen LogP contribution in [0.15, 0.2) is 54.9 Å². The van der Waals surface area contributed by atoms with Gasteiger partial charge in [0.2, 0.25) is 5.91 Å². The van der Waals surface area contributed by atoms with Crippen LogP contribution in [0.25, 0.3) is 0 Å². The molecule has 1 saturated carbocycles. The highest BCUT2D eigenvalue weighted by molar-refractivity contribution is 5.84. The fourth-order valence-electron chi connectivity index (χ4n) is 3.84. The molecule has 4 rings (SSSR count). The van der Waals surface area contributed by atoms with E-state index in [1.165, 1.54) is 0 Å². The van der Waals surface area contributed by atoms with E-state index in [2.05, 4.69) is 10.3 Å². The summed E-state index contributed by atoms with van der Waals surface area (Å²) in [6.07, 6.45) is 5.19. The minimum Gasteiger partial charge on any atom is -0.484 e. The monoisotopic (exact) mass is 365 g/mol. The van der Waals surface area contributed by atoms with Gasteiger partial charge in [-0.25, -0.2) is 0 Å². The van der Waals surface area contributed by atoms with E-state index in [1.807, 2.05) is 47.4 Å². The molecule has 1 aliphatic heterocycles. The number of para-hydroxylation sites is 1. The van der Waals surface area contributed by atoms with Crippen LogP contribution in [-0.2, 0) is 16.1 Å². The number of hydrogen-bond acceptors (Lipinski definition) is 4. The largest absolute Gasteiger partial charge is 0.484 e. The maximum absolute atomic E-state index is 12.5. The Morgan fingerprint density at radius 2 is 1.96 bits per heavy atom. The van der Waals surface area contributed by atoms with E-state index < -0.39 is 0 Å². The summed E-state index contributed by atoms with van der Waals surface area (Å²) in [4.78, 5) is 30.7. The van der Waals surface area contributed by atoms with Crippen LogP contribution in [0.2, 0.25) is 0 Å². The molecule has 0 unspecified atom stereocenters. The first-order valence-corrected chi connectivity index (χ1v) is 9.29. The number of benzene rings is 1. The average Bonchev–Trinajstić information content (AvgIpc) is 3.25. The Hall–Kier alpha value is -2.89. The number of carbonyl (C=O) groups excluding carboxylic acids is 2. The van der Waals surface area contributed by atoms with Crippen molar-refractivity contribution >= 4 is 11.8 Å². The van der Waals surface area contributed by atoms with Crippen LogP contribution in [-0.4, -0.2) is 41.4 Å². The molecule has 1 N–H and O–H groups in total. The van der Waals surface area contributed by atoms with Crippen LogP contribution >= 0.6 is 0 Å². The molecule has 6 heteroatoms. The number of carbonyl (C=O) groups is 2. The summed E-state index contributed by atoms with van der Waals surface area (Å²) in [6, 6.07) is 13.1. The third kappa shape index (κ3) is 3.94. The van der Waals surface area contributed by atoms with Gasteiger partial charge in [0.25, 0.3) is 5.91 Å². The highest BCUT2D eigenvalue weighted by Gasteiger charge is 2.61. The van der Waals surface area contributed by atoms with Crippen LogP contribution < -0.4 is 10.1 Å². The topological polar surface area (TPSA) is 71.5 Å².